The molecule has 0 saturated heterocycles. The molecule has 0 amide bonds. The van der Waals surface area contributed by atoms with Crippen molar-refractivity contribution in [3.05, 3.63) is 0 Å². The van der Waals surface area contributed by atoms with Crippen molar-refractivity contribution in [1.29, 1.82) is 0 Å². The van der Waals surface area contributed by atoms with Gasteiger partial charge in [-0.25, -0.2) is 13.2 Å². The molecule has 3 atom stereocenters. The molecule has 4 fully saturated rings. The molecule has 4 rings (SSSR count). The van der Waals surface area contributed by atoms with Crippen LogP contribution in [0.15, 0.2) is 0 Å². The molecule has 0 heterocycles. The van der Waals surface area contributed by atoms with E-state index >= 15 is 0 Å². The minimum atomic E-state index is -5.65. The van der Waals surface area contributed by atoms with E-state index in [2.05, 4.69) is 0 Å². The van der Waals surface area contributed by atoms with E-state index in [1.807, 2.05) is 0 Å². The van der Waals surface area contributed by atoms with E-state index in [0.717, 1.165) is 0 Å². The van der Waals surface area contributed by atoms with Crippen LogP contribution in [0.3, 0.4) is 0 Å². The predicted molar refractivity (Wildman–Crippen MR) is 63.1 cm³/mol. The van der Waals surface area contributed by atoms with Crippen LogP contribution < -0.4 is 0 Å². The summed E-state index contributed by atoms with van der Waals surface area (Å²) in [6.07, 6.45) is -9.93. The first kappa shape index (κ1) is 15.9. The van der Waals surface area contributed by atoms with Gasteiger partial charge in [0.1, 0.15) is 0 Å². The van der Waals surface area contributed by atoms with Gasteiger partial charge in [0, 0.05) is 5.41 Å². The first-order valence-electron chi connectivity index (χ1n) is 7.24. The summed E-state index contributed by atoms with van der Waals surface area (Å²) in [6, 6.07) is 0. The van der Waals surface area contributed by atoms with Crippen LogP contribution in [-0.2, 0) is 4.79 Å². The van der Waals surface area contributed by atoms with Crippen molar-refractivity contribution in [1.82, 2.24) is 0 Å². The first-order chi connectivity index (χ1) is 9.92. The standard InChI is InChI=1S/C14H16F6O2/c15-9(14(18,19)20)13(16,17)12-4-7-1-8(5-12)3-11(2-7,6-12)10(21)22/h7-9H,1-6H2,(H,21,22)/t7-,8-,9?,11?,12?/m0/s1. The largest absolute Gasteiger partial charge is 0.481 e. The normalized spacial score (nSPS) is 42.5. The number of aliphatic carboxylic acids is 1. The maximum absolute atomic E-state index is 14.4. The second kappa shape index (κ2) is 4.32. The molecule has 126 valence electrons. The number of hydrogen-bond donors (Lipinski definition) is 1. The predicted octanol–water partition coefficient (Wildman–Crippen LogP) is 4.19. The Morgan fingerprint density at radius 3 is 1.95 bits per heavy atom. The molecule has 0 aromatic carbocycles. The van der Waals surface area contributed by atoms with Crippen LogP contribution in [0, 0.1) is 22.7 Å². The van der Waals surface area contributed by atoms with Crippen LogP contribution in [0.1, 0.15) is 38.5 Å². The summed E-state index contributed by atoms with van der Waals surface area (Å²) >= 11 is 0. The summed E-state index contributed by atoms with van der Waals surface area (Å²) in [7, 11) is 0. The van der Waals surface area contributed by atoms with E-state index in [1.54, 1.807) is 0 Å². The van der Waals surface area contributed by atoms with Gasteiger partial charge in [-0.3, -0.25) is 4.79 Å². The highest BCUT2D eigenvalue weighted by atomic mass is 19.4. The lowest BCUT2D eigenvalue weighted by molar-refractivity contribution is -0.306. The number of carboxylic acids is 1. The van der Waals surface area contributed by atoms with Crippen LogP contribution in [0.5, 0.6) is 0 Å². The van der Waals surface area contributed by atoms with E-state index in [4.69, 9.17) is 0 Å². The van der Waals surface area contributed by atoms with Gasteiger partial charge in [0.2, 0.25) is 0 Å². The molecule has 0 aliphatic heterocycles. The second-order valence-corrected chi connectivity index (χ2v) is 7.35. The molecule has 8 heteroatoms. The van der Waals surface area contributed by atoms with Crippen LogP contribution in [0.2, 0.25) is 0 Å². The molecule has 0 radical (unpaired) electrons. The topological polar surface area (TPSA) is 37.3 Å². The third kappa shape index (κ3) is 1.98. The monoisotopic (exact) mass is 330 g/mol. The Balaban J connectivity index is 2.01. The number of rotatable bonds is 3. The number of halogens is 6. The number of alkyl halides is 6. The van der Waals surface area contributed by atoms with Crippen LogP contribution in [0.25, 0.3) is 0 Å². The summed E-state index contributed by atoms with van der Waals surface area (Å²) in [4.78, 5) is 11.5. The third-order valence-electron chi connectivity index (χ3n) is 5.83. The lowest BCUT2D eigenvalue weighted by Gasteiger charge is -2.62. The average molecular weight is 330 g/mol. The molecule has 4 aliphatic carbocycles. The molecular weight excluding hydrogens is 314 g/mol. The van der Waals surface area contributed by atoms with Crippen LogP contribution >= 0.6 is 0 Å². The van der Waals surface area contributed by atoms with Crippen molar-refractivity contribution in [3.8, 4) is 0 Å². The van der Waals surface area contributed by atoms with Crippen LogP contribution in [0.4, 0.5) is 26.3 Å². The van der Waals surface area contributed by atoms with Crippen molar-refractivity contribution in [3.63, 3.8) is 0 Å². The number of carboxylic acid groups (broad SMARTS) is 1. The minimum Gasteiger partial charge on any atom is -0.481 e. The van der Waals surface area contributed by atoms with E-state index in [9.17, 15) is 36.2 Å². The minimum absolute atomic E-state index is 0.208. The van der Waals surface area contributed by atoms with Crippen molar-refractivity contribution < 1.29 is 36.2 Å². The van der Waals surface area contributed by atoms with Gasteiger partial charge in [0.05, 0.1) is 5.41 Å². The fraction of sp³-hybridized carbons (Fsp3) is 0.929. The Bertz CT molecular complexity index is 486. The van der Waals surface area contributed by atoms with Gasteiger partial charge in [-0.15, -0.1) is 0 Å². The lowest BCUT2D eigenvalue weighted by Crippen LogP contribution is -2.64. The molecular formula is C14H16F6O2. The molecule has 1 unspecified atom stereocenters. The molecule has 4 saturated carbocycles. The fourth-order valence-electron chi connectivity index (χ4n) is 5.38. The maximum Gasteiger partial charge on any atom is 0.425 e. The zero-order valence-electron chi connectivity index (χ0n) is 11.6. The third-order valence-corrected chi connectivity index (χ3v) is 5.83. The quantitative estimate of drug-likeness (QED) is 0.788. The van der Waals surface area contributed by atoms with Gasteiger partial charge in [0.15, 0.2) is 0 Å². The van der Waals surface area contributed by atoms with E-state index in [1.165, 1.54) is 0 Å². The highest BCUT2D eigenvalue weighted by Gasteiger charge is 2.73. The van der Waals surface area contributed by atoms with Gasteiger partial charge in [-0.1, -0.05) is 0 Å². The van der Waals surface area contributed by atoms with Crippen molar-refractivity contribution in [2.75, 3.05) is 0 Å². The van der Waals surface area contributed by atoms with Gasteiger partial charge in [-0.2, -0.15) is 13.2 Å². The molecule has 4 aliphatic rings. The molecule has 1 N–H and O–H groups in total. The van der Waals surface area contributed by atoms with E-state index in [0.29, 0.717) is 6.42 Å². The number of hydrogen-bond acceptors (Lipinski definition) is 1. The molecule has 22 heavy (non-hydrogen) atoms. The molecule has 0 aromatic rings. The Labute approximate surface area is 122 Å². The lowest BCUT2D eigenvalue weighted by atomic mass is 9.42. The Morgan fingerprint density at radius 2 is 1.55 bits per heavy atom. The fourth-order valence-corrected chi connectivity index (χ4v) is 5.38. The van der Waals surface area contributed by atoms with Crippen molar-refractivity contribution in [2.45, 2.75) is 56.8 Å². The van der Waals surface area contributed by atoms with E-state index < -0.39 is 41.5 Å². The zero-order chi connectivity index (χ0) is 16.6. The maximum atomic E-state index is 14.4. The highest BCUT2D eigenvalue weighted by Crippen LogP contribution is 2.70. The van der Waals surface area contributed by atoms with E-state index in [-0.39, 0.29) is 37.5 Å². The SMILES string of the molecule is O=C(O)C12C[C@@H]3C[C@@H](C1)CC(C(F)(F)C(F)C(F)(F)F)(C3)C2. The zero-order valence-corrected chi connectivity index (χ0v) is 11.6. The summed E-state index contributed by atoms with van der Waals surface area (Å²) in [5.74, 6) is -6.56. The van der Waals surface area contributed by atoms with Gasteiger partial charge in [0.25, 0.3) is 12.1 Å². The highest BCUT2D eigenvalue weighted by molar-refractivity contribution is 5.75. The second-order valence-electron chi connectivity index (χ2n) is 7.35. The Kier molecular flexibility index (Phi) is 3.13. The average Bonchev–Trinajstić information content (AvgIpc) is 2.34. The van der Waals surface area contributed by atoms with Crippen molar-refractivity contribution >= 4 is 5.97 Å². The Hall–Kier alpha value is -0.950. The number of carbonyl (C=O) groups is 1. The summed E-state index contributed by atoms with van der Waals surface area (Å²) < 4.78 is 79.8. The first-order valence-corrected chi connectivity index (χ1v) is 7.24. The van der Waals surface area contributed by atoms with Crippen LogP contribution in [-0.4, -0.2) is 29.3 Å². The summed E-state index contributed by atoms with van der Waals surface area (Å²) in [5, 5.41) is 9.40. The summed E-state index contributed by atoms with van der Waals surface area (Å²) in [5.41, 5.74) is -3.61. The van der Waals surface area contributed by atoms with Crippen molar-refractivity contribution in [2.24, 2.45) is 22.7 Å². The van der Waals surface area contributed by atoms with Gasteiger partial charge < -0.3 is 5.11 Å². The molecule has 2 nitrogen and oxygen atoms in total. The van der Waals surface area contributed by atoms with Gasteiger partial charge >= 0.3 is 12.1 Å². The smallest absolute Gasteiger partial charge is 0.425 e. The van der Waals surface area contributed by atoms with Gasteiger partial charge in [-0.05, 0) is 50.4 Å². The summed E-state index contributed by atoms with van der Waals surface area (Å²) in [6.45, 7) is 0. The molecule has 0 spiro atoms. The molecule has 4 bridgehead atoms. The Morgan fingerprint density at radius 1 is 1.05 bits per heavy atom. The molecule has 0 aromatic heterocycles.